The fraction of sp³-hybridized carbons (Fsp3) is 0.412. The maximum absolute atomic E-state index is 5.76. The maximum atomic E-state index is 5.76. The van der Waals surface area contributed by atoms with E-state index in [1.165, 1.54) is 10.4 Å². The van der Waals surface area contributed by atoms with Gasteiger partial charge in [-0.1, -0.05) is 38.1 Å². The lowest BCUT2D eigenvalue weighted by Crippen LogP contribution is -2.29. The van der Waals surface area contributed by atoms with Gasteiger partial charge in [0.05, 0.1) is 6.61 Å². The fourth-order valence-electron chi connectivity index (χ4n) is 2.80. The highest BCUT2D eigenvalue weighted by Gasteiger charge is 2.25. The van der Waals surface area contributed by atoms with E-state index in [1.54, 1.807) is 0 Å². The Morgan fingerprint density at radius 2 is 2.10 bits per heavy atom. The minimum atomic E-state index is 0.433. The second-order valence-electron chi connectivity index (χ2n) is 5.69. The lowest BCUT2D eigenvalue weighted by atomic mass is 9.98. The molecular weight excluding hydrogens is 266 g/mol. The van der Waals surface area contributed by atoms with Crippen LogP contribution in [0.5, 0.6) is 5.75 Å². The summed E-state index contributed by atoms with van der Waals surface area (Å²) in [7, 11) is 0. The molecule has 0 bridgehead atoms. The fourth-order valence-corrected chi connectivity index (χ4v) is 3.77. The van der Waals surface area contributed by atoms with Gasteiger partial charge in [0.25, 0.3) is 0 Å². The number of thiophene rings is 1. The molecule has 2 aromatic rings. The quantitative estimate of drug-likeness (QED) is 0.889. The molecule has 1 N–H and O–H groups in total. The summed E-state index contributed by atoms with van der Waals surface area (Å²) in [6, 6.07) is 13.2. The molecular formula is C17H21NOS. The molecule has 0 saturated heterocycles. The van der Waals surface area contributed by atoms with Crippen LogP contribution in [0.2, 0.25) is 0 Å². The van der Waals surface area contributed by atoms with Crippen molar-refractivity contribution < 1.29 is 4.74 Å². The predicted molar refractivity (Wildman–Crippen MR) is 84.6 cm³/mol. The molecule has 0 spiro atoms. The van der Waals surface area contributed by atoms with Crippen LogP contribution in [0.3, 0.4) is 0 Å². The molecule has 106 valence electrons. The van der Waals surface area contributed by atoms with Gasteiger partial charge >= 0.3 is 0 Å². The third-order valence-corrected chi connectivity index (χ3v) is 4.85. The first-order valence-electron chi connectivity index (χ1n) is 7.24. The van der Waals surface area contributed by atoms with Crippen LogP contribution in [0, 0.1) is 5.92 Å². The number of rotatable bonds is 5. The number of hydrogen-bond acceptors (Lipinski definition) is 3. The van der Waals surface area contributed by atoms with Crippen LogP contribution in [0.1, 0.15) is 36.2 Å². The first kappa shape index (κ1) is 13.7. The number of hydrogen-bond donors (Lipinski definition) is 1. The van der Waals surface area contributed by atoms with Gasteiger partial charge in [-0.3, -0.25) is 0 Å². The van der Waals surface area contributed by atoms with Crippen LogP contribution < -0.4 is 10.1 Å². The largest absolute Gasteiger partial charge is 0.493 e. The minimum Gasteiger partial charge on any atom is -0.493 e. The zero-order chi connectivity index (χ0) is 13.9. The lowest BCUT2D eigenvalue weighted by Gasteiger charge is -2.23. The Hall–Kier alpha value is -1.32. The third-order valence-electron chi connectivity index (χ3n) is 3.90. The van der Waals surface area contributed by atoms with E-state index >= 15 is 0 Å². The highest BCUT2D eigenvalue weighted by molar-refractivity contribution is 7.10. The Kier molecular flexibility index (Phi) is 4.08. The Balaban J connectivity index is 1.67. The number of ether oxygens (including phenoxy) is 1. The van der Waals surface area contributed by atoms with Gasteiger partial charge in [-0.25, -0.2) is 0 Å². The molecule has 2 heterocycles. The van der Waals surface area contributed by atoms with Gasteiger partial charge in [0.2, 0.25) is 0 Å². The Morgan fingerprint density at radius 1 is 1.25 bits per heavy atom. The molecule has 0 saturated carbocycles. The van der Waals surface area contributed by atoms with E-state index in [4.69, 9.17) is 4.74 Å². The molecule has 2 atom stereocenters. The summed E-state index contributed by atoms with van der Waals surface area (Å²) in [5, 5.41) is 5.89. The molecule has 2 unspecified atom stereocenters. The molecule has 0 amide bonds. The normalized spacial score (nSPS) is 18.9. The second kappa shape index (κ2) is 5.98. The standard InChI is InChI=1S/C17H21NOS/c1-12(2)17(16-8-5-9-20-16)18-10-13-11-19-15-7-4-3-6-14(13)15/h3-9,12-13,17-18H,10-11H2,1-2H3. The summed E-state index contributed by atoms with van der Waals surface area (Å²) in [6.45, 7) is 6.31. The van der Waals surface area contributed by atoms with Crippen molar-refractivity contribution in [1.29, 1.82) is 0 Å². The van der Waals surface area contributed by atoms with E-state index in [9.17, 15) is 0 Å². The second-order valence-corrected chi connectivity index (χ2v) is 6.67. The molecule has 3 rings (SSSR count). The van der Waals surface area contributed by atoms with Crippen LogP contribution in [0.4, 0.5) is 0 Å². The van der Waals surface area contributed by atoms with E-state index in [1.807, 2.05) is 17.4 Å². The van der Waals surface area contributed by atoms with Gasteiger partial charge in [0.15, 0.2) is 0 Å². The molecule has 1 aromatic heterocycles. The molecule has 20 heavy (non-hydrogen) atoms. The first-order chi connectivity index (χ1) is 9.75. The third kappa shape index (κ3) is 2.74. The van der Waals surface area contributed by atoms with Crippen molar-refractivity contribution in [2.45, 2.75) is 25.8 Å². The highest BCUT2D eigenvalue weighted by Crippen LogP contribution is 2.34. The van der Waals surface area contributed by atoms with Crippen LogP contribution >= 0.6 is 11.3 Å². The topological polar surface area (TPSA) is 21.3 Å². The Bertz CT molecular complexity index is 550. The summed E-state index contributed by atoms with van der Waals surface area (Å²) >= 11 is 1.83. The number of nitrogens with one attached hydrogen (secondary N) is 1. The average Bonchev–Trinajstić information content (AvgIpc) is 3.09. The van der Waals surface area contributed by atoms with Gasteiger partial charge in [0, 0.05) is 28.9 Å². The highest BCUT2D eigenvalue weighted by atomic mass is 32.1. The smallest absolute Gasteiger partial charge is 0.122 e. The Morgan fingerprint density at radius 3 is 2.85 bits per heavy atom. The van der Waals surface area contributed by atoms with Crippen molar-refractivity contribution in [1.82, 2.24) is 5.32 Å². The summed E-state index contributed by atoms with van der Waals surface area (Å²) in [4.78, 5) is 1.42. The van der Waals surface area contributed by atoms with Crippen molar-refractivity contribution in [2.24, 2.45) is 5.92 Å². The van der Waals surface area contributed by atoms with Gasteiger partial charge in [-0.2, -0.15) is 0 Å². The molecule has 2 nitrogen and oxygen atoms in total. The van der Waals surface area contributed by atoms with Gasteiger partial charge in [-0.05, 0) is 23.4 Å². The van der Waals surface area contributed by atoms with Gasteiger partial charge < -0.3 is 10.1 Å². The number of para-hydroxylation sites is 1. The molecule has 1 aliphatic rings. The predicted octanol–water partition coefficient (Wildman–Crippen LogP) is 4.21. The van der Waals surface area contributed by atoms with Crippen LogP contribution in [-0.2, 0) is 0 Å². The molecule has 1 aliphatic heterocycles. The monoisotopic (exact) mass is 287 g/mol. The number of benzene rings is 1. The zero-order valence-electron chi connectivity index (χ0n) is 12.0. The SMILES string of the molecule is CC(C)C(NCC1COc2ccccc21)c1cccs1. The lowest BCUT2D eigenvalue weighted by molar-refractivity contribution is 0.314. The zero-order valence-corrected chi connectivity index (χ0v) is 12.8. The van der Waals surface area contributed by atoms with E-state index in [0.717, 1.165) is 18.9 Å². The van der Waals surface area contributed by atoms with Crippen molar-refractivity contribution in [2.75, 3.05) is 13.2 Å². The van der Waals surface area contributed by atoms with Crippen molar-refractivity contribution >= 4 is 11.3 Å². The van der Waals surface area contributed by atoms with Crippen molar-refractivity contribution in [3.05, 3.63) is 52.2 Å². The molecule has 0 aliphatic carbocycles. The summed E-state index contributed by atoms with van der Waals surface area (Å²) in [5.41, 5.74) is 1.34. The maximum Gasteiger partial charge on any atom is 0.122 e. The van der Waals surface area contributed by atoms with Gasteiger partial charge in [0.1, 0.15) is 5.75 Å². The van der Waals surface area contributed by atoms with Crippen LogP contribution in [-0.4, -0.2) is 13.2 Å². The molecule has 1 aromatic carbocycles. The molecule has 0 fully saturated rings. The summed E-state index contributed by atoms with van der Waals surface area (Å²) < 4.78 is 5.76. The summed E-state index contributed by atoms with van der Waals surface area (Å²) in [5.74, 6) is 2.11. The average molecular weight is 287 g/mol. The summed E-state index contributed by atoms with van der Waals surface area (Å²) in [6.07, 6.45) is 0. The van der Waals surface area contributed by atoms with E-state index in [0.29, 0.717) is 17.9 Å². The van der Waals surface area contributed by atoms with Gasteiger partial charge in [-0.15, -0.1) is 11.3 Å². The van der Waals surface area contributed by atoms with E-state index in [2.05, 4.69) is 54.9 Å². The van der Waals surface area contributed by atoms with E-state index < -0.39 is 0 Å². The van der Waals surface area contributed by atoms with Crippen molar-refractivity contribution in [3.8, 4) is 5.75 Å². The molecule has 0 radical (unpaired) electrons. The van der Waals surface area contributed by atoms with Crippen LogP contribution in [0.15, 0.2) is 41.8 Å². The van der Waals surface area contributed by atoms with Crippen LogP contribution in [0.25, 0.3) is 0 Å². The number of fused-ring (bicyclic) bond motifs is 1. The first-order valence-corrected chi connectivity index (χ1v) is 8.12. The van der Waals surface area contributed by atoms with Crippen molar-refractivity contribution in [3.63, 3.8) is 0 Å². The Labute approximate surface area is 124 Å². The molecule has 3 heteroatoms. The minimum absolute atomic E-state index is 0.433. The van der Waals surface area contributed by atoms with E-state index in [-0.39, 0.29) is 0 Å².